The lowest BCUT2D eigenvalue weighted by molar-refractivity contribution is -0.121. The molecule has 144 valence electrons. The lowest BCUT2D eigenvalue weighted by atomic mass is 10.1. The van der Waals surface area contributed by atoms with Crippen LogP contribution in [0.25, 0.3) is 10.8 Å². The van der Waals surface area contributed by atoms with Gasteiger partial charge in [-0.1, -0.05) is 42.5 Å². The minimum Gasteiger partial charge on any atom is -0.335 e. The highest BCUT2D eigenvalue weighted by atomic mass is 32.1. The number of carbonyl (C=O) groups is 2. The summed E-state index contributed by atoms with van der Waals surface area (Å²) in [7, 11) is 0. The SMILES string of the molecule is CC(C(=O)Nc1cccc2ccccc12)N1CCN(C(=O)c2cccs2)CC1. The Morgan fingerprint density at radius 3 is 2.46 bits per heavy atom. The van der Waals surface area contributed by atoms with Crippen molar-refractivity contribution in [3.8, 4) is 0 Å². The number of rotatable bonds is 4. The maximum absolute atomic E-state index is 12.8. The fraction of sp³-hybridized carbons (Fsp3) is 0.273. The summed E-state index contributed by atoms with van der Waals surface area (Å²) < 4.78 is 0. The molecule has 2 aromatic carbocycles. The average molecular weight is 394 g/mol. The molecule has 5 nitrogen and oxygen atoms in total. The van der Waals surface area contributed by atoms with E-state index in [4.69, 9.17) is 0 Å². The van der Waals surface area contributed by atoms with Crippen LogP contribution in [0.15, 0.2) is 60.0 Å². The molecule has 1 aromatic heterocycles. The molecule has 3 aromatic rings. The van der Waals surface area contributed by atoms with Crippen LogP contribution in [0.2, 0.25) is 0 Å². The van der Waals surface area contributed by atoms with E-state index in [2.05, 4.69) is 10.2 Å². The molecular formula is C22H23N3O2S. The third kappa shape index (κ3) is 3.79. The molecule has 28 heavy (non-hydrogen) atoms. The predicted molar refractivity (Wildman–Crippen MR) is 114 cm³/mol. The van der Waals surface area contributed by atoms with Crippen LogP contribution in [0.4, 0.5) is 5.69 Å². The van der Waals surface area contributed by atoms with Crippen molar-refractivity contribution < 1.29 is 9.59 Å². The van der Waals surface area contributed by atoms with Crippen molar-refractivity contribution in [2.45, 2.75) is 13.0 Å². The molecule has 1 unspecified atom stereocenters. The molecule has 1 aliphatic heterocycles. The van der Waals surface area contributed by atoms with Gasteiger partial charge in [-0.25, -0.2) is 0 Å². The Kier molecular flexibility index (Phi) is 5.41. The molecule has 1 N–H and O–H groups in total. The molecule has 1 atom stereocenters. The molecule has 1 fully saturated rings. The zero-order valence-electron chi connectivity index (χ0n) is 15.8. The fourth-order valence-corrected chi connectivity index (χ4v) is 4.30. The van der Waals surface area contributed by atoms with E-state index in [1.165, 1.54) is 11.3 Å². The lowest BCUT2D eigenvalue weighted by Crippen LogP contribution is -2.53. The normalized spacial score (nSPS) is 16.1. The number of thiophene rings is 1. The topological polar surface area (TPSA) is 52.7 Å². The van der Waals surface area contributed by atoms with Crippen molar-refractivity contribution in [3.05, 3.63) is 64.9 Å². The Hall–Kier alpha value is -2.70. The van der Waals surface area contributed by atoms with Gasteiger partial charge in [0.25, 0.3) is 5.91 Å². The Labute approximate surface area is 168 Å². The summed E-state index contributed by atoms with van der Waals surface area (Å²) in [5.74, 6) is 0.0666. The average Bonchev–Trinajstić information content (AvgIpc) is 3.28. The first-order valence-corrected chi connectivity index (χ1v) is 10.4. The molecular weight excluding hydrogens is 370 g/mol. The van der Waals surface area contributed by atoms with E-state index in [-0.39, 0.29) is 17.9 Å². The van der Waals surface area contributed by atoms with Crippen LogP contribution in [0.1, 0.15) is 16.6 Å². The zero-order valence-corrected chi connectivity index (χ0v) is 16.6. The van der Waals surface area contributed by atoms with Gasteiger partial charge >= 0.3 is 0 Å². The monoisotopic (exact) mass is 393 g/mol. The van der Waals surface area contributed by atoms with Crippen molar-refractivity contribution in [2.24, 2.45) is 0 Å². The highest BCUT2D eigenvalue weighted by Gasteiger charge is 2.28. The number of fused-ring (bicyclic) bond motifs is 1. The second-order valence-electron chi connectivity index (χ2n) is 7.00. The van der Waals surface area contributed by atoms with Crippen LogP contribution >= 0.6 is 11.3 Å². The summed E-state index contributed by atoms with van der Waals surface area (Å²) in [6, 6.07) is 17.5. The van der Waals surface area contributed by atoms with Gasteiger partial charge in [-0.05, 0) is 29.8 Å². The van der Waals surface area contributed by atoms with Crippen LogP contribution in [0.5, 0.6) is 0 Å². The summed E-state index contributed by atoms with van der Waals surface area (Å²) in [6.45, 7) is 4.60. The van der Waals surface area contributed by atoms with Gasteiger partial charge in [-0.3, -0.25) is 14.5 Å². The summed E-state index contributed by atoms with van der Waals surface area (Å²) in [6.07, 6.45) is 0. The number of benzene rings is 2. The molecule has 2 amide bonds. The molecule has 0 aliphatic carbocycles. The highest BCUT2D eigenvalue weighted by Crippen LogP contribution is 2.23. The van der Waals surface area contributed by atoms with Crippen molar-refractivity contribution in [1.29, 1.82) is 0 Å². The molecule has 1 saturated heterocycles. The first-order chi connectivity index (χ1) is 13.6. The third-order valence-electron chi connectivity index (χ3n) is 5.31. The van der Waals surface area contributed by atoms with Gasteiger partial charge in [0.05, 0.1) is 10.9 Å². The summed E-state index contributed by atoms with van der Waals surface area (Å²) in [4.78, 5) is 30.1. The molecule has 0 bridgehead atoms. The van der Waals surface area contributed by atoms with Crippen LogP contribution in [-0.4, -0.2) is 53.8 Å². The predicted octanol–water partition coefficient (Wildman–Crippen LogP) is 3.69. The maximum Gasteiger partial charge on any atom is 0.264 e. The van der Waals surface area contributed by atoms with Gasteiger partial charge in [-0.15, -0.1) is 11.3 Å². The Morgan fingerprint density at radius 1 is 0.964 bits per heavy atom. The Balaban J connectivity index is 1.38. The van der Waals surface area contributed by atoms with Gasteiger partial charge in [0.1, 0.15) is 0 Å². The van der Waals surface area contributed by atoms with E-state index in [0.29, 0.717) is 26.2 Å². The van der Waals surface area contributed by atoms with Gasteiger partial charge in [0, 0.05) is 37.3 Å². The highest BCUT2D eigenvalue weighted by molar-refractivity contribution is 7.12. The standard InChI is InChI=1S/C22H23N3O2S/c1-16(21(26)23-19-9-4-7-17-6-2-3-8-18(17)19)24-11-13-25(14-12-24)22(27)20-10-5-15-28-20/h2-10,15-16H,11-14H2,1H3,(H,23,26). The second-order valence-corrected chi connectivity index (χ2v) is 7.95. The van der Waals surface area contributed by atoms with Crippen LogP contribution in [-0.2, 0) is 4.79 Å². The van der Waals surface area contributed by atoms with Gasteiger partial charge in [-0.2, -0.15) is 0 Å². The fourth-order valence-electron chi connectivity index (χ4n) is 3.61. The summed E-state index contributed by atoms with van der Waals surface area (Å²) in [5.41, 5.74) is 0.835. The van der Waals surface area contributed by atoms with Crippen LogP contribution < -0.4 is 5.32 Å². The third-order valence-corrected chi connectivity index (χ3v) is 6.17. The minimum absolute atomic E-state index is 0.0191. The van der Waals surface area contributed by atoms with Gasteiger partial charge in [0.2, 0.25) is 5.91 Å². The largest absolute Gasteiger partial charge is 0.335 e. The minimum atomic E-state index is -0.252. The van der Waals surface area contributed by atoms with Crippen molar-refractivity contribution >= 4 is 39.6 Å². The quantitative estimate of drug-likeness (QED) is 0.736. The Bertz CT molecular complexity index is 973. The molecule has 0 radical (unpaired) electrons. The lowest BCUT2D eigenvalue weighted by Gasteiger charge is -2.37. The van der Waals surface area contributed by atoms with Crippen LogP contribution in [0.3, 0.4) is 0 Å². The van der Waals surface area contributed by atoms with Gasteiger partial charge < -0.3 is 10.2 Å². The van der Waals surface area contributed by atoms with E-state index >= 15 is 0 Å². The van der Waals surface area contributed by atoms with E-state index in [1.54, 1.807) is 0 Å². The molecule has 0 saturated carbocycles. The molecule has 6 heteroatoms. The van der Waals surface area contributed by atoms with Crippen molar-refractivity contribution in [3.63, 3.8) is 0 Å². The van der Waals surface area contributed by atoms with Crippen LogP contribution in [0, 0.1) is 0 Å². The number of hydrogen-bond acceptors (Lipinski definition) is 4. The first-order valence-electron chi connectivity index (χ1n) is 9.49. The number of piperazine rings is 1. The number of hydrogen-bond donors (Lipinski definition) is 1. The van der Waals surface area contributed by atoms with E-state index in [1.807, 2.05) is 71.8 Å². The van der Waals surface area contributed by atoms with Gasteiger partial charge in [0.15, 0.2) is 0 Å². The summed E-state index contributed by atoms with van der Waals surface area (Å²) in [5, 5.41) is 7.14. The van der Waals surface area contributed by atoms with E-state index in [0.717, 1.165) is 21.3 Å². The Morgan fingerprint density at radius 2 is 1.71 bits per heavy atom. The maximum atomic E-state index is 12.8. The van der Waals surface area contributed by atoms with E-state index in [9.17, 15) is 9.59 Å². The number of nitrogens with one attached hydrogen (secondary N) is 1. The van der Waals surface area contributed by atoms with Crippen molar-refractivity contribution in [1.82, 2.24) is 9.80 Å². The zero-order chi connectivity index (χ0) is 19.5. The first kappa shape index (κ1) is 18.7. The molecule has 4 rings (SSSR count). The molecule has 0 spiro atoms. The summed E-state index contributed by atoms with van der Waals surface area (Å²) >= 11 is 1.47. The molecule has 2 heterocycles. The number of carbonyl (C=O) groups excluding carboxylic acids is 2. The number of nitrogens with zero attached hydrogens (tertiary/aromatic N) is 2. The number of anilines is 1. The smallest absolute Gasteiger partial charge is 0.264 e. The second kappa shape index (κ2) is 8.12. The molecule has 1 aliphatic rings. The van der Waals surface area contributed by atoms with E-state index < -0.39 is 0 Å². The number of amides is 2. The van der Waals surface area contributed by atoms with Crippen molar-refractivity contribution in [2.75, 3.05) is 31.5 Å².